The second kappa shape index (κ2) is 10.5. The summed E-state index contributed by atoms with van der Waals surface area (Å²) in [6, 6.07) is 7.56. The average molecular weight is 361 g/mol. The van der Waals surface area contributed by atoms with Gasteiger partial charge in [0.25, 0.3) is 0 Å². The lowest BCUT2D eigenvalue weighted by atomic mass is 10.0. The lowest BCUT2D eigenvalue weighted by Crippen LogP contribution is -2.41. The Morgan fingerprint density at radius 2 is 2.00 bits per heavy atom. The molecule has 0 bridgehead atoms. The third-order valence-corrected chi connectivity index (χ3v) is 3.39. The van der Waals surface area contributed by atoms with Gasteiger partial charge in [-0.25, -0.2) is 4.98 Å². The minimum Gasteiger partial charge on any atom is -0.355 e. The molecule has 2 rings (SSSR count). The number of halogens is 2. The summed E-state index contributed by atoms with van der Waals surface area (Å²) in [5.74, 6) is 1.33. The molecule has 2 aromatic rings. The smallest absolute Gasteiger partial charge is 0.236 e. The van der Waals surface area contributed by atoms with Crippen molar-refractivity contribution < 1.29 is 4.79 Å². The highest BCUT2D eigenvalue weighted by atomic mass is 35.5. The fraction of sp³-hybridized carbons (Fsp3) is 0.500. The third kappa shape index (κ3) is 6.77. The van der Waals surface area contributed by atoms with Crippen LogP contribution in [0.4, 0.5) is 0 Å². The van der Waals surface area contributed by atoms with Crippen molar-refractivity contribution in [3.63, 3.8) is 0 Å². The first kappa shape index (κ1) is 21.7. The minimum atomic E-state index is -0.406. The molecular formula is C16H26Cl2N4O. The predicted octanol–water partition coefficient (Wildman–Crippen LogP) is 2.83. The van der Waals surface area contributed by atoms with Crippen LogP contribution in [0.25, 0.3) is 11.0 Å². The normalized spacial score (nSPS) is 11.7. The van der Waals surface area contributed by atoms with Crippen LogP contribution in [0, 0.1) is 5.92 Å². The van der Waals surface area contributed by atoms with Crippen LogP contribution < -0.4 is 11.1 Å². The number of H-pyrrole nitrogens is 1. The molecule has 0 aliphatic carbocycles. The maximum atomic E-state index is 11.8. The van der Waals surface area contributed by atoms with Crippen LogP contribution in [0.3, 0.4) is 0 Å². The van der Waals surface area contributed by atoms with Crippen LogP contribution in [-0.2, 0) is 11.2 Å². The van der Waals surface area contributed by atoms with Gasteiger partial charge in [-0.2, -0.15) is 0 Å². The highest BCUT2D eigenvalue weighted by Gasteiger charge is 2.14. The summed E-state index contributed by atoms with van der Waals surface area (Å²) in [4.78, 5) is 19.6. The fourth-order valence-electron chi connectivity index (χ4n) is 2.34. The Labute approximate surface area is 149 Å². The molecule has 0 aliphatic rings. The molecule has 1 atom stereocenters. The van der Waals surface area contributed by atoms with E-state index in [9.17, 15) is 4.79 Å². The number of hydrogen-bond donors (Lipinski definition) is 3. The summed E-state index contributed by atoms with van der Waals surface area (Å²) in [5.41, 5.74) is 7.87. The summed E-state index contributed by atoms with van der Waals surface area (Å²) in [6.45, 7) is 4.76. The quantitative estimate of drug-likeness (QED) is 0.663. The molecule has 0 saturated heterocycles. The first-order chi connectivity index (χ1) is 10.1. The van der Waals surface area contributed by atoms with E-state index in [2.05, 4.69) is 29.1 Å². The van der Waals surface area contributed by atoms with Crippen molar-refractivity contribution in [2.24, 2.45) is 11.7 Å². The van der Waals surface area contributed by atoms with Crippen molar-refractivity contribution in [2.75, 3.05) is 6.54 Å². The largest absolute Gasteiger partial charge is 0.355 e. The monoisotopic (exact) mass is 360 g/mol. The van der Waals surface area contributed by atoms with Crippen molar-refractivity contribution in [3.05, 3.63) is 30.1 Å². The molecule has 0 radical (unpaired) electrons. The van der Waals surface area contributed by atoms with E-state index in [1.165, 1.54) is 0 Å². The Hall–Kier alpha value is -1.30. The van der Waals surface area contributed by atoms with E-state index in [0.29, 0.717) is 12.5 Å². The number of aryl methyl sites for hydroxylation is 1. The van der Waals surface area contributed by atoms with Crippen LogP contribution in [0.15, 0.2) is 24.3 Å². The third-order valence-electron chi connectivity index (χ3n) is 3.39. The Bertz CT molecular complexity index is 568. The Morgan fingerprint density at radius 1 is 1.30 bits per heavy atom. The first-order valence-electron chi connectivity index (χ1n) is 7.53. The first-order valence-corrected chi connectivity index (χ1v) is 7.53. The topological polar surface area (TPSA) is 83.8 Å². The highest BCUT2D eigenvalue weighted by molar-refractivity contribution is 5.85. The summed E-state index contributed by atoms with van der Waals surface area (Å²) in [6.07, 6.45) is 2.38. The molecule has 1 heterocycles. The van der Waals surface area contributed by atoms with E-state index < -0.39 is 6.04 Å². The summed E-state index contributed by atoms with van der Waals surface area (Å²) in [5, 5.41) is 2.89. The van der Waals surface area contributed by atoms with Gasteiger partial charge in [0.1, 0.15) is 5.82 Å². The lowest BCUT2D eigenvalue weighted by Gasteiger charge is -2.13. The number of hydrogen-bond acceptors (Lipinski definition) is 3. The number of aromatic amines is 1. The molecule has 130 valence electrons. The molecule has 23 heavy (non-hydrogen) atoms. The predicted molar refractivity (Wildman–Crippen MR) is 99.4 cm³/mol. The molecule has 0 spiro atoms. The van der Waals surface area contributed by atoms with Gasteiger partial charge in [-0.3, -0.25) is 4.79 Å². The second-order valence-corrected chi connectivity index (χ2v) is 5.83. The molecule has 1 aromatic carbocycles. The van der Waals surface area contributed by atoms with Gasteiger partial charge in [0, 0.05) is 13.0 Å². The zero-order valence-electron chi connectivity index (χ0n) is 13.5. The number of fused-ring (bicyclic) bond motifs is 1. The molecular weight excluding hydrogens is 335 g/mol. The number of benzene rings is 1. The summed E-state index contributed by atoms with van der Waals surface area (Å²) < 4.78 is 0. The maximum Gasteiger partial charge on any atom is 0.236 e. The Morgan fingerprint density at radius 3 is 2.65 bits per heavy atom. The van der Waals surface area contributed by atoms with Crippen molar-refractivity contribution in [2.45, 2.75) is 39.2 Å². The number of nitrogens with zero attached hydrogens (tertiary/aromatic N) is 1. The number of amides is 1. The van der Waals surface area contributed by atoms with E-state index >= 15 is 0 Å². The van der Waals surface area contributed by atoms with E-state index in [4.69, 9.17) is 5.73 Å². The number of rotatable bonds is 7. The van der Waals surface area contributed by atoms with Gasteiger partial charge in [0.15, 0.2) is 0 Å². The fourth-order valence-corrected chi connectivity index (χ4v) is 2.34. The van der Waals surface area contributed by atoms with Crippen molar-refractivity contribution in [1.82, 2.24) is 15.3 Å². The van der Waals surface area contributed by atoms with Gasteiger partial charge in [-0.1, -0.05) is 26.0 Å². The van der Waals surface area contributed by atoms with E-state index in [0.717, 1.165) is 36.1 Å². The number of nitrogens with two attached hydrogens (primary N) is 1. The second-order valence-electron chi connectivity index (χ2n) is 5.83. The Balaban J connectivity index is 0.00000242. The van der Waals surface area contributed by atoms with Gasteiger partial charge in [0.05, 0.1) is 17.1 Å². The van der Waals surface area contributed by atoms with E-state index in [1.54, 1.807) is 0 Å². The van der Waals surface area contributed by atoms with Gasteiger partial charge in [0.2, 0.25) is 5.91 Å². The maximum absolute atomic E-state index is 11.8. The number of carbonyl (C=O) groups excluding carboxylic acids is 1. The minimum absolute atomic E-state index is 0. The van der Waals surface area contributed by atoms with E-state index in [1.807, 2.05) is 24.3 Å². The van der Waals surface area contributed by atoms with Gasteiger partial charge in [-0.15, -0.1) is 24.8 Å². The summed E-state index contributed by atoms with van der Waals surface area (Å²) in [7, 11) is 0. The van der Waals surface area contributed by atoms with Crippen LogP contribution in [0.5, 0.6) is 0 Å². The average Bonchev–Trinajstić information content (AvgIpc) is 2.85. The molecule has 4 N–H and O–H groups in total. The Kier molecular flexibility index (Phi) is 9.88. The highest BCUT2D eigenvalue weighted by Crippen LogP contribution is 2.11. The van der Waals surface area contributed by atoms with Crippen LogP contribution in [0.1, 0.15) is 32.5 Å². The SMILES string of the molecule is CC(C)C[C@H](N)C(=O)NCCCc1nc2ccccc2[nH]1.Cl.Cl. The van der Waals surface area contributed by atoms with Crippen molar-refractivity contribution in [1.29, 1.82) is 0 Å². The molecule has 0 fully saturated rings. The van der Waals surface area contributed by atoms with Gasteiger partial charge in [-0.05, 0) is 30.9 Å². The van der Waals surface area contributed by atoms with Crippen LogP contribution in [-0.4, -0.2) is 28.5 Å². The lowest BCUT2D eigenvalue weighted by molar-refractivity contribution is -0.122. The molecule has 0 aliphatic heterocycles. The molecule has 1 amide bonds. The summed E-state index contributed by atoms with van der Waals surface area (Å²) >= 11 is 0. The number of aromatic nitrogens is 2. The molecule has 1 aromatic heterocycles. The zero-order valence-corrected chi connectivity index (χ0v) is 15.2. The number of nitrogens with one attached hydrogen (secondary N) is 2. The zero-order chi connectivity index (χ0) is 15.2. The van der Waals surface area contributed by atoms with Crippen molar-refractivity contribution in [3.8, 4) is 0 Å². The van der Waals surface area contributed by atoms with Crippen LogP contribution in [0.2, 0.25) is 0 Å². The van der Waals surface area contributed by atoms with Crippen LogP contribution >= 0.6 is 24.8 Å². The molecule has 5 nitrogen and oxygen atoms in total. The molecule has 7 heteroatoms. The number of carbonyl (C=O) groups is 1. The van der Waals surface area contributed by atoms with Crippen molar-refractivity contribution >= 4 is 41.8 Å². The van der Waals surface area contributed by atoms with E-state index in [-0.39, 0.29) is 30.7 Å². The van der Waals surface area contributed by atoms with Gasteiger partial charge < -0.3 is 16.0 Å². The number of para-hydroxylation sites is 2. The standard InChI is InChI=1S/C16H24N4O.2ClH/c1-11(2)10-12(17)16(21)18-9-5-8-15-19-13-6-3-4-7-14(13)20-15;;/h3-4,6-7,11-12H,5,8-10,17H2,1-2H3,(H,18,21)(H,19,20);2*1H/t12-;;/m0../s1. The molecule has 0 unspecified atom stereocenters. The van der Waals surface area contributed by atoms with Gasteiger partial charge >= 0.3 is 0 Å². The molecule has 0 saturated carbocycles. The number of imidazole rings is 1.